The van der Waals surface area contributed by atoms with Crippen LogP contribution < -0.4 is 0 Å². The Morgan fingerprint density at radius 2 is 2.17 bits per heavy atom. The minimum Gasteiger partial charge on any atom is -0.447 e. The first-order valence-corrected chi connectivity index (χ1v) is 6.69. The molecule has 0 spiro atoms. The smallest absolute Gasteiger partial charge is 0.417 e. The molecule has 2 amide bonds. The second-order valence-corrected chi connectivity index (χ2v) is 5.62. The van der Waals surface area contributed by atoms with Crippen LogP contribution in [-0.2, 0) is 16.0 Å². The van der Waals surface area contributed by atoms with Crippen LogP contribution in [0.2, 0.25) is 0 Å². The molecule has 0 saturated carbocycles. The molecule has 0 N–H and O–H groups in total. The summed E-state index contributed by atoms with van der Waals surface area (Å²) in [4.78, 5) is 24.3. The Labute approximate surface area is 114 Å². The SMILES string of the molecule is C[C@H](Br)C(=O)N1C(=O)OC[C@H]1Cc1ccccc1. The molecule has 1 heterocycles. The molecule has 0 aromatic heterocycles. The summed E-state index contributed by atoms with van der Waals surface area (Å²) in [5.41, 5.74) is 1.08. The van der Waals surface area contributed by atoms with Crippen molar-refractivity contribution in [2.24, 2.45) is 0 Å². The lowest BCUT2D eigenvalue weighted by molar-refractivity contribution is -0.128. The Hall–Kier alpha value is -1.36. The molecule has 5 heteroatoms. The molecular formula is C13H14BrNO3. The van der Waals surface area contributed by atoms with E-state index in [0.717, 1.165) is 5.56 Å². The number of carbonyl (C=O) groups is 2. The van der Waals surface area contributed by atoms with Crippen molar-refractivity contribution in [3.63, 3.8) is 0 Å². The highest BCUT2D eigenvalue weighted by molar-refractivity contribution is 9.10. The highest BCUT2D eigenvalue weighted by Gasteiger charge is 2.38. The Balaban J connectivity index is 2.12. The van der Waals surface area contributed by atoms with Crippen LogP contribution in [0.5, 0.6) is 0 Å². The zero-order valence-corrected chi connectivity index (χ0v) is 11.6. The lowest BCUT2D eigenvalue weighted by atomic mass is 10.1. The van der Waals surface area contributed by atoms with Crippen molar-refractivity contribution in [2.45, 2.75) is 24.2 Å². The van der Waals surface area contributed by atoms with E-state index in [1.54, 1.807) is 6.92 Å². The van der Waals surface area contributed by atoms with Gasteiger partial charge >= 0.3 is 6.09 Å². The average molecular weight is 312 g/mol. The van der Waals surface area contributed by atoms with E-state index in [1.165, 1.54) is 4.90 Å². The van der Waals surface area contributed by atoms with Crippen LogP contribution in [0.4, 0.5) is 4.79 Å². The predicted molar refractivity (Wildman–Crippen MR) is 70.5 cm³/mol. The quantitative estimate of drug-likeness (QED) is 0.805. The van der Waals surface area contributed by atoms with Gasteiger partial charge in [0.1, 0.15) is 6.61 Å². The van der Waals surface area contributed by atoms with Crippen molar-refractivity contribution < 1.29 is 14.3 Å². The number of amides is 2. The summed E-state index contributed by atoms with van der Waals surface area (Å²) < 4.78 is 4.97. The molecule has 0 aliphatic carbocycles. The molecule has 0 radical (unpaired) electrons. The lowest BCUT2D eigenvalue weighted by Crippen LogP contribution is -2.43. The fourth-order valence-corrected chi connectivity index (χ4v) is 2.18. The van der Waals surface area contributed by atoms with Gasteiger partial charge in [0.05, 0.1) is 10.9 Å². The third kappa shape index (κ3) is 2.72. The van der Waals surface area contributed by atoms with E-state index in [0.29, 0.717) is 6.42 Å². The largest absolute Gasteiger partial charge is 0.447 e. The number of ether oxygens (including phenoxy) is 1. The number of cyclic esters (lactones) is 1. The molecule has 1 aromatic carbocycles. The molecule has 1 aliphatic rings. The highest BCUT2D eigenvalue weighted by atomic mass is 79.9. The number of carbonyl (C=O) groups excluding carboxylic acids is 2. The Morgan fingerprint density at radius 3 is 2.78 bits per heavy atom. The van der Waals surface area contributed by atoms with Crippen LogP contribution in [-0.4, -0.2) is 34.4 Å². The maximum Gasteiger partial charge on any atom is 0.417 e. The third-order valence-electron chi connectivity index (χ3n) is 2.85. The second-order valence-electron chi connectivity index (χ2n) is 4.24. The van der Waals surface area contributed by atoms with Crippen LogP contribution in [0.25, 0.3) is 0 Å². The molecule has 0 bridgehead atoms. The van der Waals surface area contributed by atoms with Crippen molar-refractivity contribution in [1.82, 2.24) is 4.90 Å². The molecule has 18 heavy (non-hydrogen) atoms. The van der Waals surface area contributed by atoms with Crippen molar-refractivity contribution >= 4 is 27.9 Å². The number of alkyl halides is 1. The number of rotatable bonds is 3. The monoisotopic (exact) mass is 311 g/mol. The van der Waals surface area contributed by atoms with Crippen LogP contribution >= 0.6 is 15.9 Å². The van der Waals surface area contributed by atoms with Gasteiger partial charge in [-0.1, -0.05) is 46.3 Å². The Morgan fingerprint density at radius 1 is 1.50 bits per heavy atom. The van der Waals surface area contributed by atoms with Gasteiger partial charge in [0.2, 0.25) is 5.91 Å². The lowest BCUT2D eigenvalue weighted by Gasteiger charge is -2.20. The minimum absolute atomic E-state index is 0.215. The van der Waals surface area contributed by atoms with Gasteiger partial charge in [-0.15, -0.1) is 0 Å². The molecule has 2 atom stereocenters. The van der Waals surface area contributed by atoms with E-state index in [-0.39, 0.29) is 23.4 Å². The zero-order chi connectivity index (χ0) is 13.1. The van der Waals surface area contributed by atoms with Crippen molar-refractivity contribution in [3.8, 4) is 0 Å². The predicted octanol–water partition coefficient (Wildman–Crippen LogP) is 2.36. The second kappa shape index (κ2) is 5.52. The highest BCUT2D eigenvalue weighted by Crippen LogP contribution is 2.19. The summed E-state index contributed by atoms with van der Waals surface area (Å²) in [7, 11) is 0. The molecule has 1 fully saturated rings. The van der Waals surface area contributed by atoms with E-state index < -0.39 is 6.09 Å². The minimum atomic E-state index is -0.549. The van der Waals surface area contributed by atoms with Gasteiger partial charge in [-0.3, -0.25) is 4.79 Å². The molecule has 4 nitrogen and oxygen atoms in total. The third-order valence-corrected chi connectivity index (χ3v) is 3.24. The van der Waals surface area contributed by atoms with Gasteiger partial charge in [0, 0.05) is 0 Å². The molecule has 2 rings (SSSR count). The van der Waals surface area contributed by atoms with Crippen LogP contribution in [0.3, 0.4) is 0 Å². The van der Waals surface area contributed by atoms with Crippen molar-refractivity contribution in [2.75, 3.05) is 6.61 Å². The summed E-state index contributed by atoms with van der Waals surface area (Å²) in [5, 5.41) is 0. The number of imide groups is 1. The molecular weight excluding hydrogens is 298 g/mol. The molecule has 0 unspecified atom stereocenters. The van der Waals surface area contributed by atoms with Gasteiger partial charge in [-0.05, 0) is 18.9 Å². The fourth-order valence-electron chi connectivity index (χ4n) is 1.96. The van der Waals surface area contributed by atoms with Crippen LogP contribution in [0.1, 0.15) is 12.5 Å². The number of halogens is 1. The molecule has 1 saturated heterocycles. The topological polar surface area (TPSA) is 46.6 Å². The maximum atomic E-state index is 11.9. The zero-order valence-electron chi connectivity index (χ0n) is 10.0. The summed E-state index contributed by atoms with van der Waals surface area (Å²) in [6.07, 6.45) is 0.0742. The van der Waals surface area contributed by atoms with Crippen LogP contribution in [0.15, 0.2) is 30.3 Å². The average Bonchev–Trinajstić information content (AvgIpc) is 2.71. The number of hydrogen-bond acceptors (Lipinski definition) is 3. The van der Waals surface area contributed by atoms with Gasteiger partial charge in [0.25, 0.3) is 0 Å². The molecule has 96 valence electrons. The standard InChI is InChI=1S/C13H14BrNO3/c1-9(14)12(16)15-11(8-18-13(15)17)7-10-5-3-2-4-6-10/h2-6,9,11H,7-8H2,1H3/t9-,11+/m0/s1. The fraction of sp³-hybridized carbons (Fsp3) is 0.385. The number of hydrogen-bond donors (Lipinski definition) is 0. The van der Waals surface area contributed by atoms with E-state index in [2.05, 4.69) is 15.9 Å². The van der Waals surface area contributed by atoms with Gasteiger partial charge < -0.3 is 4.74 Å². The first-order valence-electron chi connectivity index (χ1n) is 5.77. The van der Waals surface area contributed by atoms with Crippen LogP contribution in [0, 0.1) is 0 Å². The van der Waals surface area contributed by atoms with E-state index >= 15 is 0 Å². The summed E-state index contributed by atoms with van der Waals surface area (Å²) >= 11 is 3.19. The first kappa shape index (κ1) is 13.1. The van der Waals surface area contributed by atoms with Crippen molar-refractivity contribution in [1.29, 1.82) is 0 Å². The van der Waals surface area contributed by atoms with E-state index in [4.69, 9.17) is 4.74 Å². The maximum absolute atomic E-state index is 11.9. The van der Waals surface area contributed by atoms with Crippen molar-refractivity contribution in [3.05, 3.63) is 35.9 Å². The van der Waals surface area contributed by atoms with E-state index in [1.807, 2.05) is 30.3 Å². The first-order chi connectivity index (χ1) is 8.59. The summed E-state index contributed by atoms with van der Waals surface area (Å²) in [6.45, 7) is 1.96. The van der Waals surface area contributed by atoms with Gasteiger partial charge in [0.15, 0.2) is 0 Å². The number of benzene rings is 1. The summed E-state index contributed by atoms with van der Waals surface area (Å²) in [5.74, 6) is -0.251. The van der Waals surface area contributed by atoms with E-state index in [9.17, 15) is 9.59 Å². The Bertz CT molecular complexity index is 447. The normalized spacial score (nSPS) is 20.7. The Kier molecular flexibility index (Phi) is 4.01. The summed E-state index contributed by atoms with van der Waals surface area (Å²) in [6, 6.07) is 9.54. The number of nitrogens with zero attached hydrogens (tertiary/aromatic N) is 1. The van der Waals surface area contributed by atoms with Gasteiger partial charge in [-0.25, -0.2) is 9.69 Å². The van der Waals surface area contributed by atoms with Gasteiger partial charge in [-0.2, -0.15) is 0 Å². The molecule has 1 aliphatic heterocycles. The molecule has 1 aromatic rings.